The van der Waals surface area contributed by atoms with Crippen LogP contribution in [0.3, 0.4) is 0 Å². The van der Waals surface area contributed by atoms with Crippen LogP contribution in [0.25, 0.3) is 0 Å². The summed E-state index contributed by atoms with van der Waals surface area (Å²) in [7, 11) is 0. The van der Waals surface area contributed by atoms with Crippen molar-refractivity contribution in [3.05, 3.63) is 63.1 Å². The normalized spacial score (nSPS) is 10.4. The summed E-state index contributed by atoms with van der Waals surface area (Å²) >= 11 is 9.26. The van der Waals surface area contributed by atoms with Gasteiger partial charge < -0.3 is 10.5 Å². The molecule has 0 aliphatic rings. The summed E-state index contributed by atoms with van der Waals surface area (Å²) in [5.74, 6) is 0.805. The number of hydrogen-bond donors (Lipinski definition) is 1. The van der Waals surface area contributed by atoms with Crippen molar-refractivity contribution in [1.82, 2.24) is 0 Å². The van der Waals surface area contributed by atoms with Crippen LogP contribution in [0.1, 0.15) is 11.1 Å². The second kappa shape index (κ2) is 6.23. The highest BCUT2D eigenvalue weighted by Gasteiger charge is 2.00. The van der Waals surface area contributed by atoms with Crippen LogP contribution in [0.4, 0.5) is 0 Å². The molecular weight excluding hydrogens is 314 g/mol. The van der Waals surface area contributed by atoms with Gasteiger partial charge >= 0.3 is 0 Å². The standard InChI is InChI=1S/C14H13BrClNO/c15-12-5-11(8-17)6-14(7-12)18-9-10-1-3-13(16)4-2-10/h1-7H,8-9,17H2. The first-order chi connectivity index (χ1) is 8.67. The van der Waals surface area contributed by atoms with E-state index < -0.39 is 0 Å². The number of ether oxygens (including phenoxy) is 1. The molecule has 18 heavy (non-hydrogen) atoms. The zero-order valence-electron chi connectivity index (χ0n) is 9.70. The number of rotatable bonds is 4. The van der Waals surface area contributed by atoms with Crippen molar-refractivity contribution in [2.45, 2.75) is 13.2 Å². The van der Waals surface area contributed by atoms with Crippen LogP contribution in [0, 0.1) is 0 Å². The minimum atomic E-state index is 0.497. The molecule has 0 aliphatic heterocycles. The molecule has 0 bridgehead atoms. The highest BCUT2D eigenvalue weighted by atomic mass is 79.9. The van der Waals surface area contributed by atoms with E-state index in [1.54, 1.807) is 0 Å². The third kappa shape index (κ3) is 3.73. The van der Waals surface area contributed by atoms with Gasteiger partial charge in [0.15, 0.2) is 0 Å². The van der Waals surface area contributed by atoms with E-state index in [4.69, 9.17) is 22.1 Å². The second-order valence-corrected chi connectivity index (χ2v) is 5.27. The minimum Gasteiger partial charge on any atom is -0.489 e. The number of hydrogen-bond acceptors (Lipinski definition) is 2. The van der Waals surface area contributed by atoms with E-state index in [1.165, 1.54) is 0 Å². The lowest BCUT2D eigenvalue weighted by Gasteiger charge is -2.08. The maximum absolute atomic E-state index is 5.83. The Morgan fingerprint density at radius 1 is 1.06 bits per heavy atom. The molecule has 0 atom stereocenters. The van der Waals surface area contributed by atoms with E-state index >= 15 is 0 Å². The minimum absolute atomic E-state index is 0.497. The van der Waals surface area contributed by atoms with Gasteiger partial charge in [-0.2, -0.15) is 0 Å². The number of nitrogens with two attached hydrogens (primary N) is 1. The van der Waals surface area contributed by atoms with Crippen molar-refractivity contribution in [3.8, 4) is 5.75 Å². The van der Waals surface area contributed by atoms with Gasteiger partial charge in [0.25, 0.3) is 0 Å². The Labute approximate surface area is 120 Å². The van der Waals surface area contributed by atoms with E-state index in [-0.39, 0.29) is 0 Å². The van der Waals surface area contributed by atoms with Crippen molar-refractivity contribution in [3.63, 3.8) is 0 Å². The van der Waals surface area contributed by atoms with Crippen molar-refractivity contribution in [2.75, 3.05) is 0 Å². The first-order valence-corrected chi connectivity index (χ1v) is 6.71. The Morgan fingerprint density at radius 3 is 2.44 bits per heavy atom. The van der Waals surface area contributed by atoms with Crippen LogP contribution in [0.5, 0.6) is 5.75 Å². The molecule has 2 aromatic carbocycles. The molecule has 0 spiro atoms. The van der Waals surface area contributed by atoms with Crippen LogP contribution in [0.2, 0.25) is 5.02 Å². The average molecular weight is 327 g/mol. The van der Waals surface area contributed by atoms with Gasteiger partial charge in [0.1, 0.15) is 12.4 Å². The van der Waals surface area contributed by atoms with E-state index in [1.807, 2.05) is 42.5 Å². The monoisotopic (exact) mass is 325 g/mol. The summed E-state index contributed by atoms with van der Waals surface area (Å²) in [6.45, 7) is 1.01. The van der Waals surface area contributed by atoms with Gasteiger partial charge in [0.05, 0.1) is 0 Å². The largest absolute Gasteiger partial charge is 0.489 e. The molecule has 94 valence electrons. The quantitative estimate of drug-likeness (QED) is 0.916. The van der Waals surface area contributed by atoms with Crippen LogP contribution in [-0.2, 0) is 13.2 Å². The van der Waals surface area contributed by atoms with Crippen molar-refractivity contribution in [2.24, 2.45) is 5.73 Å². The van der Waals surface area contributed by atoms with Gasteiger partial charge in [-0.3, -0.25) is 0 Å². The Kier molecular flexibility index (Phi) is 4.64. The molecule has 2 aromatic rings. The lowest BCUT2D eigenvalue weighted by molar-refractivity contribution is 0.305. The van der Waals surface area contributed by atoms with E-state index in [0.717, 1.165) is 26.4 Å². The molecule has 0 amide bonds. The van der Waals surface area contributed by atoms with E-state index in [2.05, 4.69) is 15.9 Å². The van der Waals surface area contributed by atoms with Crippen molar-refractivity contribution >= 4 is 27.5 Å². The van der Waals surface area contributed by atoms with Gasteiger partial charge in [0.2, 0.25) is 0 Å². The summed E-state index contributed by atoms with van der Waals surface area (Å²) in [4.78, 5) is 0. The first-order valence-electron chi connectivity index (χ1n) is 5.54. The molecule has 0 radical (unpaired) electrons. The molecule has 0 aliphatic carbocycles. The third-order valence-corrected chi connectivity index (χ3v) is 3.20. The molecule has 4 heteroatoms. The van der Waals surface area contributed by atoms with Gasteiger partial charge in [-0.15, -0.1) is 0 Å². The molecule has 0 fully saturated rings. The zero-order chi connectivity index (χ0) is 13.0. The maximum atomic E-state index is 5.83. The van der Waals surface area contributed by atoms with Crippen molar-refractivity contribution < 1.29 is 4.74 Å². The summed E-state index contributed by atoms with van der Waals surface area (Å²) in [6.07, 6.45) is 0. The second-order valence-electron chi connectivity index (χ2n) is 3.91. The molecule has 0 saturated carbocycles. The predicted octanol–water partition coefficient (Wildman–Crippen LogP) is 4.14. The number of benzene rings is 2. The number of halogens is 2. The van der Waals surface area contributed by atoms with E-state index in [9.17, 15) is 0 Å². The fourth-order valence-electron chi connectivity index (χ4n) is 1.57. The van der Waals surface area contributed by atoms with Gasteiger partial charge in [-0.25, -0.2) is 0 Å². The summed E-state index contributed by atoms with van der Waals surface area (Å²) in [6, 6.07) is 13.5. The first kappa shape index (κ1) is 13.4. The third-order valence-electron chi connectivity index (χ3n) is 2.49. The highest BCUT2D eigenvalue weighted by Crippen LogP contribution is 2.22. The predicted molar refractivity (Wildman–Crippen MR) is 77.8 cm³/mol. The Morgan fingerprint density at radius 2 is 1.78 bits per heavy atom. The average Bonchev–Trinajstić information content (AvgIpc) is 2.37. The molecular formula is C14H13BrClNO. The topological polar surface area (TPSA) is 35.2 Å². The van der Waals surface area contributed by atoms with Crippen LogP contribution >= 0.6 is 27.5 Å². The lowest BCUT2D eigenvalue weighted by Crippen LogP contribution is -1.99. The fourth-order valence-corrected chi connectivity index (χ4v) is 2.21. The van der Waals surface area contributed by atoms with E-state index in [0.29, 0.717) is 13.2 Å². The SMILES string of the molecule is NCc1cc(Br)cc(OCc2ccc(Cl)cc2)c1. The fraction of sp³-hybridized carbons (Fsp3) is 0.143. The summed E-state index contributed by atoms with van der Waals surface area (Å²) in [5.41, 5.74) is 7.74. The van der Waals surface area contributed by atoms with Gasteiger partial charge in [0, 0.05) is 16.0 Å². The molecule has 2 rings (SSSR count). The van der Waals surface area contributed by atoms with Crippen LogP contribution in [0.15, 0.2) is 46.9 Å². The lowest BCUT2D eigenvalue weighted by atomic mass is 10.2. The molecule has 0 aromatic heterocycles. The summed E-state index contributed by atoms with van der Waals surface area (Å²) < 4.78 is 6.70. The molecule has 0 saturated heterocycles. The van der Waals surface area contributed by atoms with Crippen molar-refractivity contribution in [1.29, 1.82) is 0 Å². The maximum Gasteiger partial charge on any atom is 0.121 e. The Balaban J connectivity index is 2.05. The molecule has 2 N–H and O–H groups in total. The zero-order valence-corrected chi connectivity index (χ0v) is 12.0. The molecule has 0 heterocycles. The Hall–Kier alpha value is -1.03. The van der Waals surface area contributed by atoms with Gasteiger partial charge in [-0.05, 0) is 41.5 Å². The smallest absolute Gasteiger partial charge is 0.121 e. The van der Waals surface area contributed by atoms with Gasteiger partial charge in [-0.1, -0.05) is 39.7 Å². The molecule has 0 unspecified atom stereocenters. The highest BCUT2D eigenvalue weighted by molar-refractivity contribution is 9.10. The van der Waals surface area contributed by atoms with Crippen LogP contribution < -0.4 is 10.5 Å². The summed E-state index contributed by atoms with van der Waals surface area (Å²) in [5, 5.41) is 0.728. The Bertz CT molecular complexity index is 528. The van der Waals surface area contributed by atoms with Crippen LogP contribution in [-0.4, -0.2) is 0 Å². The molecule has 2 nitrogen and oxygen atoms in total.